The van der Waals surface area contributed by atoms with Crippen molar-refractivity contribution in [1.82, 2.24) is 15.3 Å². The molecule has 5 heteroatoms. The molecule has 1 amide bonds. The van der Waals surface area contributed by atoms with Gasteiger partial charge in [-0.25, -0.2) is 4.98 Å². The smallest absolute Gasteiger partial charge is 0.229 e. The summed E-state index contributed by atoms with van der Waals surface area (Å²) in [6, 6.07) is 0. The topological polar surface area (TPSA) is 66.9 Å². The van der Waals surface area contributed by atoms with Gasteiger partial charge in [-0.1, -0.05) is 0 Å². The summed E-state index contributed by atoms with van der Waals surface area (Å²) in [5, 5.41) is 6.18. The molecule has 2 aliphatic rings. The summed E-state index contributed by atoms with van der Waals surface area (Å²) in [5.41, 5.74) is 0.275. The van der Waals surface area contributed by atoms with Crippen LogP contribution in [0.2, 0.25) is 0 Å². The Hall–Kier alpha value is -1.49. The molecule has 1 aliphatic carbocycles. The van der Waals surface area contributed by atoms with E-state index in [0.29, 0.717) is 5.82 Å². The Morgan fingerprint density at radius 2 is 2.24 bits per heavy atom. The third kappa shape index (κ3) is 2.02. The van der Waals surface area contributed by atoms with Crippen LogP contribution in [0.15, 0.2) is 18.6 Å². The lowest BCUT2D eigenvalue weighted by atomic mass is 9.92. The maximum atomic E-state index is 12.0. The largest absolute Gasteiger partial charge is 0.317 e. The molecule has 3 rings (SSSR count). The van der Waals surface area contributed by atoms with E-state index in [1.165, 1.54) is 0 Å². The van der Waals surface area contributed by atoms with Gasteiger partial charge in [0.2, 0.25) is 5.91 Å². The molecule has 2 fully saturated rings. The summed E-state index contributed by atoms with van der Waals surface area (Å²) >= 11 is 0. The minimum atomic E-state index is 0.104. The number of hydrogen-bond acceptors (Lipinski definition) is 4. The lowest BCUT2D eigenvalue weighted by molar-refractivity contribution is -0.118. The Bertz CT molecular complexity index is 414. The van der Waals surface area contributed by atoms with Gasteiger partial charge < -0.3 is 10.6 Å². The van der Waals surface area contributed by atoms with Crippen LogP contribution in [0.1, 0.15) is 19.3 Å². The number of hydrogen-bond donors (Lipinski definition) is 2. The first kappa shape index (κ1) is 10.7. The van der Waals surface area contributed by atoms with Crippen molar-refractivity contribution >= 4 is 11.7 Å². The highest BCUT2D eigenvalue weighted by molar-refractivity contribution is 5.94. The summed E-state index contributed by atoms with van der Waals surface area (Å²) in [6.07, 6.45) is 8.02. The van der Waals surface area contributed by atoms with Gasteiger partial charge in [0.05, 0.1) is 6.20 Å². The maximum Gasteiger partial charge on any atom is 0.229 e. The molecule has 0 radical (unpaired) electrons. The number of carbonyl (C=O) groups excluding carboxylic acids is 1. The first-order valence-electron chi connectivity index (χ1n) is 6.08. The first-order chi connectivity index (χ1) is 8.30. The Labute approximate surface area is 100 Å². The van der Waals surface area contributed by atoms with Crippen molar-refractivity contribution in [3.8, 4) is 0 Å². The number of carbonyl (C=O) groups is 1. The first-order valence-corrected chi connectivity index (χ1v) is 6.08. The molecule has 2 N–H and O–H groups in total. The van der Waals surface area contributed by atoms with Gasteiger partial charge in [0.25, 0.3) is 0 Å². The number of rotatable bonds is 2. The van der Waals surface area contributed by atoms with E-state index in [1.807, 2.05) is 0 Å². The molecule has 5 nitrogen and oxygen atoms in total. The Kier molecular flexibility index (Phi) is 2.55. The zero-order chi connectivity index (χ0) is 11.7. The highest BCUT2D eigenvalue weighted by Crippen LogP contribution is 2.58. The minimum Gasteiger partial charge on any atom is -0.317 e. The maximum absolute atomic E-state index is 12.0. The normalized spacial score (nSPS) is 25.5. The van der Waals surface area contributed by atoms with Crippen molar-refractivity contribution in [2.24, 2.45) is 11.3 Å². The molecule has 90 valence electrons. The van der Waals surface area contributed by atoms with Gasteiger partial charge in [-0.05, 0) is 37.8 Å². The summed E-state index contributed by atoms with van der Waals surface area (Å²) in [5.74, 6) is 0.826. The van der Waals surface area contributed by atoms with Crippen molar-refractivity contribution in [3.05, 3.63) is 18.6 Å². The second-order valence-corrected chi connectivity index (χ2v) is 4.95. The molecule has 0 bridgehead atoms. The van der Waals surface area contributed by atoms with Crippen LogP contribution >= 0.6 is 0 Å². The average Bonchev–Trinajstić information content (AvgIpc) is 3.05. The van der Waals surface area contributed by atoms with E-state index < -0.39 is 0 Å². The van der Waals surface area contributed by atoms with Gasteiger partial charge in [-0.2, -0.15) is 0 Å². The summed E-state index contributed by atoms with van der Waals surface area (Å²) in [6.45, 7) is 2.07. The lowest BCUT2D eigenvalue weighted by Crippen LogP contribution is -2.31. The van der Waals surface area contributed by atoms with Crippen LogP contribution in [0.3, 0.4) is 0 Å². The van der Waals surface area contributed by atoms with Crippen LogP contribution in [0.25, 0.3) is 0 Å². The van der Waals surface area contributed by atoms with E-state index >= 15 is 0 Å². The molecule has 1 unspecified atom stereocenters. The summed E-state index contributed by atoms with van der Waals surface area (Å²) in [4.78, 5) is 20.0. The van der Waals surface area contributed by atoms with Crippen LogP contribution in [0, 0.1) is 11.3 Å². The molecule has 1 saturated heterocycles. The molecule has 0 aromatic carbocycles. The van der Waals surface area contributed by atoms with E-state index in [4.69, 9.17) is 0 Å². The second kappa shape index (κ2) is 4.07. The Morgan fingerprint density at radius 1 is 1.41 bits per heavy atom. The second-order valence-electron chi connectivity index (χ2n) is 4.95. The third-order valence-electron chi connectivity index (χ3n) is 3.92. The van der Waals surface area contributed by atoms with Crippen molar-refractivity contribution in [2.75, 3.05) is 18.4 Å². The minimum absolute atomic E-state index is 0.104. The lowest BCUT2D eigenvalue weighted by Gasteiger charge is -2.23. The molecular formula is C12H16N4O. The van der Waals surface area contributed by atoms with Gasteiger partial charge in [-0.15, -0.1) is 0 Å². The van der Waals surface area contributed by atoms with Crippen LogP contribution in [-0.2, 0) is 4.79 Å². The number of nitrogens with zero attached hydrogens (tertiary/aromatic N) is 2. The fourth-order valence-electron chi connectivity index (χ4n) is 2.77. The van der Waals surface area contributed by atoms with Crippen LogP contribution in [0.5, 0.6) is 0 Å². The summed E-state index contributed by atoms with van der Waals surface area (Å²) in [7, 11) is 0. The van der Waals surface area contributed by atoms with E-state index in [0.717, 1.165) is 32.4 Å². The van der Waals surface area contributed by atoms with Crippen molar-refractivity contribution < 1.29 is 4.79 Å². The van der Waals surface area contributed by atoms with E-state index in [9.17, 15) is 4.79 Å². The molecule has 1 aromatic rings. The monoisotopic (exact) mass is 232 g/mol. The number of anilines is 1. The zero-order valence-electron chi connectivity index (χ0n) is 9.65. The standard InChI is InChI=1S/C12H16N4O/c17-11(16-10-8-14-5-6-15-10)9-7-12(9)1-3-13-4-2-12/h5-6,8-9,13H,1-4,7H2,(H,15,16,17). The molecule has 1 atom stereocenters. The van der Waals surface area contributed by atoms with E-state index in [-0.39, 0.29) is 17.2 Å². The molecule has 1 saturated carbocycles. The highest BCUT2D eigenvalue weighted by Gasteiger charge is 2.57. The molecule has 1 aliphatic heterocycles. The molecule has 17 heavy (non-hydrogen) atoms. The number of piperidine rings is 1. The molecule has 1 spiro atoms. The predicted octanol–water partition coefficient (Wildman–Crippen LogP) is 0.805. The predicted molar refractivity (Wildman–Crippen MR) is 63.3 cm³/mol. The van der Waals surface area contributed by atoms with Crippen molar-refractivity contribution in [3.63, 3.8) is 0 Å². The molecule has 2 heterocycles. The quantitative estimate of drug-likeness (QED) is 0.791. The third-order valence-corrected chi connectivity index (χ3v) is 3.92. The van der Waals surface area contributed by atoms with E-state index in [2.05, 4.69) is 20.6 Å². The van der Waals surface area contributed by atoms with Crippen LogP contribution < -0.4 is 10.6 Å². The Morgan fingerprint density at radius 3 is 2.94 bits per heavy atom. The molecule has 1 aromatic heterocycles. The average molecular weight is 232 g/mol. The summed E-state index contributed by atoms with van der Waals surface area (Å²) < 4.78 is 0. The van der Waals surface area contributed by atoms with Crippen LogP contribution in [0.4, 0.5) is 5.82 Å². The van der Waals surface area contributed by atoms with Gasteiger partial charge in [-0.3, -0.25) is 9.78 Å². The van der Waals surface area contributed by atoms with Gasteiger partial charge in [0.1, 0.15) is 0 Å². The number of amides is 1. The number of nitrogens with one attached hydrogen (secondary N) is 2. The number of aromatic nitrogens is 2. The van der Waals surface area contributed by atoms with Crippen molar-refractivity contribution in [2.45, 2.75) is 19.3 Å². The fraction of sp³-hybridized carbons (Fsp3) is 0.583. The highest BCUT2D eigenvalue weighted by atomic mass is 16.2. The zero-order valence-corrected chi connectivity index (χ0v) is 9.65. The molecular weight excluding hydrogens is 216 g/mol. The van der Waals surface area contributed by atoms with Gasteiger partial charge in [0, 0.05) is 18.3 Å². The van der Waals surface area contributed by atoms with Gasteiger partial charge in [0.15, 0.2) is 5.82 Å². The fourth-order valence-corrected chi connectivity index (χ4v) is 2.77. The van der Waals surface area contributed by atoms with Crippen molar-refractivity contribution in [1.29, 1.82) is 0 Å². The van der Waals surface area contributed by atoms with Gasteiger partial charge >= 0.3 is 0 Å². The van der Waals surface area contributed by atoms with E-state index in [1.54, 1.807) is 18.6 Å². The SMILES string of the molecule is O=C(Nc1cnccn1)C1CC12CCNCC2. The Balaban J connectivity index is 1.61. The van der Waals surface area contributed by atoms with Crippen LogP contribution in [-0.4, -0.2) is 29.0 Å².